The van der Waals surface area contributed by atoms with E-state index in [0.717, 1.165) is 37.2 Å². The Balaban J connectivity index is 0.000000333. The highest BCUT2D eigenvalue weighted by molar-refractivity contribution is 5.73. The number of pyridine rings is 1. The number of aromatic nitrogens is 1. The van der Waals surface area contributed by atoms with E-state index in [1.807, 2.05) is 12.1 Å². The second-order valence-corrected chi connectivity index (χ2v) is 8.77. The summed E-state index contributed by atoms with van der Waals surface area (Å²) in [5.41, 5.74) is 1.74. The van der Waals surface area contributed by atoms with Crippen LogP contribution < -0.4 is 0 Å². The van der Waals surface area contributed by atoms with Gasteiger partial charge in [-0.1, -0.05) is 6.07 Å². The lowest BCUT2D eigenvalue weighted by Gasteiger charge is -2.50. The molecular weight excluding hydrogens is 564 g/mol. The third kappa shape index (κ3) is 9.98. The van der Waals surface area contributed by atoms with Gasteiger partial charge >= 0.3 is 24.3 Å². The van der Waals surface area contributed by atoms with E-state index in [1.165, 1.54) is 12.1 Å². The Bertz CT molecular complexity index is 1100. The summed E-state index contributed by atoms with van der Waals surface area (Å²) < 4.78 is 102. The number of aliphatic carboxylic acids is 2. The summed E-state index contributed by atoms with van der Waals surface area (Å²) in [6.07, 6.45) is -5.64. The number of halogens is 8. The van der Waals surface area contributed by atoms with Crippen molar-refractivity contribution < 1.29 is 64.4 Å². The third-order valence-corrected chi connectivity index (χ3v) is 5.79. The predicted octanol–water partition coefficient (Wildman–Crippen LogP) is 4.43. The molecule has 1 unspecified atom stereocenters. The van der Waals surface area contributed by atoms with Gasteiger partial charge in [0, 0.05) is 44.6 Å². The van der Waals surface area contributed by atoms with Crippen LogP contribution in [-0.4, -0.2) is 76.3 Å². The van der Waals surface area contributed by atoms with E-state index in [0.29, 0.717) is 25.7 Å². The fourth-order valence-corrected chi connectivity index (χ4v) is 3.89. The minimum atomic E-state index is -5.08. The lowest BCUT2D eigenvalue weighted by atomic mass is 9.81. The molecule has 16 heteroatoms. The molecule has 2 saturated heterocycles. The molecule has 2 aliphatic rings. The molecule has 0 bridgehead atoms. The van der Waals surface area contributed by atoms with Crippen molar-refractivity contribution in [3.8, 4) is 0 Å². The molecule has 1 atom stereocenters. The molecule has 2 fully saturated rings. The molecule has 1 aromatic heterocycles. The highest BCUT2D eigenvalue weighted by Gasteiger charge is 2.52. The van der Waals surface area contributed by atoms with E-state index in [2.05, 4.69) is 9.88 Å². The van der Waals surface area contributed by atoms with Crippen LogP contribution in [0.4, 0.5) is 35.1 Å². The quantitative estimate of drug-likeness (QED) is 0.478. The highest BCUT2D eigenvalue weighted by atomic mass is 19.4. The van der Waals surface area contributed by atoms with E-state index in [4.69, 9.17) is 29.3 Å². The van der Waals surface area contributed by atoms with Gasteiger partial charge in [0.2, 0.25) is 0 Å². The number of alkyl halides is 6. The smallest absolute Gasteiger partial charge is 0.475 e. The molecule has 0 aliphatic carbocycles. The number of likely N-dealkylation sites (tertiary alicyclic amines) is 1. The molecule has 0 saturated carbocycles. The van der Waals surface area contributed by atoms with Crippen molar-refractivity contribution in [2.75, 3.05) is 26.3 Å². The van der Waals surface area contributed by atoms with Gasteiger partial charge in [0.25, 0.3) is 0 Å². The standard InChI is InChI=1S/C20H22F2N2O2.2C2HF3O2/c21-18-2-1-16(9-19(18)22)10-24-13-20(14-24)17(5-8-26-20)12-25-11-15-3-6-23-7-4-15;2*3-2(4,5)1(6)7/h1-4,6-7,9,17H,5,8,10-14H2;2*(H,6,7). The normalized spacial score (nSPS) is 18.1. The monoisotopic (exact) mass is 588 g/mol. The third-order valence-electron chi connectivity index (χ3n) is 5.79. The average molecular weight is 588 g/mol. The zero-order chi connectivity index (χ0) is 30.1. The molecule has 2 N–H and O–H groups in total. The van der Waals surface area contributed by atoms with Crippen molar-refractivity contribution in [3.05, 3.63) is 65.5 Å². The lowest BCUT2D eigenvalue weighted by Crippen LogP contribution is -2.64. The van der Waals surface area contributed by atoms with Gasteiger partial charge in [-0.3, -0.25) is 9.88 Å². The fourth-order valence-electron chi connectivity index (χ4n) is 3.89. The van der Waals surface area contributed by atoms with Crippen molar-refractivity contribution >= 4 is 11.9 Å². The number of carboxylic acid groups (broad SMARTS) is 2. The first-order chi connectivity index (χ1) is 18.5. The minimum Gasteiger partial charge on any atom is -0.475 e. The van der Waals surface area contributed by atoms with Gasteiger partial charge in [-0.05, 0) is 41.8 Å². The number of ether oxygens (including phenoxy) is 2. The van der Waals surface area contributed by atoms with Crippen LogP contribution in [-0.2, 0) is 32.2 Å². The summed E-state index contributed by atoms with van der Waals surface area (Å²) in [5.74, 6) is -6.75. The van der Waals surface area contributed by atoms with Gasteiger partial charge in [0.05, 0.1) is 18.8 Å². The van der Waals surface area contributed by atoms with Gasteiger partial charge < -0.3 is 19.7 Å². The first-order valence-corrected chi connectivity index (χ1v) is 11.4. The summed E-state index contributed by atoms with van der Waals surface area (Å²) >= 11 is 0. The molecule has 0 radical (unpaired) electrons. The Hall–Kier alpha value is -3.37. The Kier molecular flexibility index (Phi) is 11.3. The summed E-state index contributed by atoms with van der Waals surface area (Å²) in [6, 6.07) is 7.99. The van der Waals surface area contributed by atoms with Gasteiger partial charge in [0.1, 0.15) is 0 Å². The molecule has 1 spiro atoms. The molecule has 40 heavy (non-hydrogen) atoms. The first kappa shape index (κ1) is 32.8. The number of rotatable bonds is 6. The SMILES string of the molecule is Fc1ccc(CN2CC3(C2)OCCC3COCc2ccncc2)cc1F.O=C(O)C(F)(F)F.O=C(O)C(F)(F)F. The number of hydrogen-bond donors (Lipinski definition) is 2. The number of carboxylic acids is 2. The zero-order valence-corrected chi connectivity index (χ0v) is 20.5. The fraction of sp³-hybridized carbons (Fsp3) is 0.458. The molecule has 4 rings (SSSR count). The first-order valence-electron chi connectivity index (χ1n) is 11.4. The summed E-state index contributed by atoms with van der Waals surface area (Å²) in [7, 11) is 0. The second kappa shape index (κ2) is 13.8. The van der Waals surface area contributed by atoms with Crippen LogP contribution in [0, 0.1) is 17.6 Å². The maximum absolute atomic E-state index is 13.3. The maximum Gasteiger partial charge on any atom is 0.490 e. The molecular formula is C24H24F8N2O6. The van der Waals surface area contributed by atoms with Crippen LogP contribution >= 0.6 is 0 Å². The molecule has 8 nitrogen and oxygen atoms in total. The Morgan fingerprint density at radius 2 is 1.50 bits per heavy atom. The van der Waals surface area contributed by atoms with Crippen molar-refractivity contribution in [2.24, 2.45) is 5.92 Å². The topological polar surface area (TPSA) is 109 Å². The van der Waals surface area contributed by atoms with Crippen LogP contribution in [0.25, 0.3) is 0 Å². The van der Waals surface area contributed by atoms with E-state index in [1.54, 1.807) is 18.5 Å². The van der Waals surface area contributed by atoms with E-state index < -0.39 is 35.9 Å². The van der Waals surface area contributed by atoms with E-state index in [-0.39, 0.29) is 5.60 Å². The number of carbonyl (C=O) groups is 2. The molecule has 2 aromatic rings. The summed E-state index contributed by atoms with van der Waals surface area (Å²) in [6.45, 7) is 4.20. The molecule has 2 aliphatic heterocycles. The van der Waals surface area contributed by atoms with Crippen LogP contribution in [0.3, 0.4) is 0 Å². The summed E-state index contributed by atoms with van der Waals surface area (Å²) in [4.78, 5) is 24.0. The van der Waals surface area contributed by atoms with Crippen LogP contribution in [0.1, 0.15) is 17.5 Å². The molecule has 0 amide bonds. The van der Waals surface area contributed by atoms with Crippen molar-refractivity contribution in [1.29, 1.82) is 0 Å². The van der Waals surface area contributed by atoms with Crippen LogP contribution in [0.5, 0.6) is 0 Å². The van der Waals surface area contributed by atoms with Crippen molar-refractivity contribution in [1.82, 2.24) is 9.88 Å². The number of benzene rings is 1. The summed E-state index contributed by atoms with van der Waals surface area (Å²) in [5, 5.41) is 14.2. The van der Waals surface area contributed by atoms with E-state index in [9.17, 15) is 35.1 Å². The minimum absolute atomic E-state index is 0.156. The van der Waals surface area contributed by atoms with Gasteiger partial charge in [-0.15, -0.1) is 0 Å². The Labute approximate surface area is 222 Å². The van der Waals surface area contributed by atoms with Crippen LogP contribution in [0.15, 0.2) is 42.7 Å². The Morgan fingerprint density at radius 1 is 0.950 bits per heavy atom. The van der Waals surface area contributed by atoms with Gasteiger partial charge in [-0.25, -0.2) is 18.4 Å². The second-order valence-electron chi connectivity index (χ2n) is 8.77. The molecule has 222 valence electrons. The number of nitrogens with zero attached hydrogens (tertiary/aromatic N) is 2. The zero-order valence-electron chi connectivity index (χ0n) is 20.5. The predicted molar refractivity (Wildman–Crippen MR) is 120 cm³/mol. The highest BCUT2D eigenvalue weighted by Crippen LogP contribution is 2.40. The number of hydrogen-bond acceptors (Lipinski definition) is 6. The van der Waals surface area contributed by atoms with Crippen molar-refractivity contribution in [3.63, 3.8) is 0 Å². The van der Waals surface area contributed by atoms with Gasteiger partial charge in [-0.2, -0.15) is 26.3 Å². The largest absolute Gasteiger partial charge is 0.490 e. The maximum atomic E-state index is 13.3. The lowest BCUT2D eigenvalue weighted by molar-refractivity contribution is -0.193. The van der Waals surface area contributed by atoms with Crippen LogP contribution in [0.2, 0.25) is 0 Å². The van der Waals surface area contributed by atoms with Crippen molar-refractivity contribution in [2.45, 2.75) is 37.5 Å². The molecule has 1 aromatic carbocycles. The molecule has 3 heterocycles. The Morgan fingerprint density at radius 3 is 2.00 bits per heavy atom. The average Bonchev–Trinajstić information content (AvgIpc) is 3.25. The van der Waals surface area contributed by atoms with E-state index >= 15 is 0 Å². The van der Waals surface area contributed by atoms with Gasteiger partial charge in [0.15, 0.2) is 11.6 Å².